The van der Waals surface area contributed by atoms with Gasteiger partial charge in [-0.15, -0.1) is 11.3 Å². The fourth-order valence-corrected chi connectivity index (χ4v) is 7.21. The van der Waals surface area contributed by atoms with Crippen molar-refractivity contribution in [3.8, 4) is 11.4 Å². The third kappa shape index (κ3) is 5.48. The van der Waals surface area contributed by atoms with Gasteiger partial charge in [0.05, 0.1) is 10.3 Å². The predicted octanol–water partition coefficient (Wildman–Crippen LogP) is 5.91. The Morgan fingerprint density at radius 1 is 1.03 bits per heavy atom. The highest BCUT2D eigenvalue weighted by molar-refractivity contribution is 7.89. The van der Waals surface area contributed by atoms with E-state index in [-0.39, 0.29) is 4.90 Å². The first-order valence-electron chi connectivity index (χ1n) is 12.0. The molecule has 0 radical (unpaired) electrons. The molecule has 5 rings (SSSR count). The van der Waals surface area contributed by atoms with Crippen LogP contribution in [0.5, 0.6) is 0 Å². The van der Waals surface area contributed by atoms with Gasteiger partial charge in [0.2, 0.25) is 10.0 Å². The molecule has 1 fully saturated rings. The normalized spacial score (nSPS) is 15.4. The number of hydrogen-bond donors (Lipinski definition) is 1. The van der Waals surface area contributed by atoms with E-state index in [1.54, 1.807) is 52.0 Å². The van der Waals surface area contributed by atoms with Gasteiger partial charge in [-0.2, -0.15) is 4.31 Å². The summed E-state index contributed by atoms with van der Waals surface area (Å²) in [6.07, 6.45) is 0. The van der Waals surface area contributed by atoms with Crippen LogP contribution >= 0.6 is 34.5 Å². The molecule has 1 saturated heterocycles. The van der Waals surface area contributed by atoms with Crippen molar-refractivity contribution in [3.63, 3.8) is 0 Å². The Morgan fingerprint density at radius 3 is 2.43 bits per heavy atom. The Morgan fingerprint density at radius 2 is 1.76 bits per heavy atom. The number of anilines is 1. The second kappa shape index (κ2) is 10.8. The third-order valence-electron chi connectivity index (χ3n) is 6.61. The number of aryl methyl sites for hydroxylation is 1. The van der Waals surface area contributed by atoms with Gasteiger partial charge in [0, 0.05) is 48.3 Å². The second-order valence-corrected chi connectivity index (χ2v) is 12.6. The summed E-state index contributed by atoms with van der Waals surface area (Å²) in [6.45, 7) is 8.03. The van der Waals surface area contributed by atoms with Crippen molar-refractivity contribution < 1.29 is 8.42 Å². The van der Waals surface area contributed by atoms with E-state index in [2.05, 4.69) is 22.5 Å². The molecule has 0 spiro atoms. The summed E-state index contributed by atoms with van der Waals surface area (Å²) in [7, 11) is -3.54. The molecule has 11 heteroatoms. The van der Waals surface area contributed by atoms with E-state index in [1.165, 1.54) is 0 Å². The number of aromatic nitrogens is 2. The van der Waals surface area contributed by atoms with Gasteiger partial charge in [-0.25, -0.2) is 18.4 Å². The van der Waals surface area contributed by atoms with Gasteiger partial charge in [-0.05, 0) is 66.4 Å². The lowest BCUT2D eigenvalue weighted by molar-refractivity contribution is 0.196. The SMILES string of the molecule is CCN1CCN(S(=O)(=O)c2ccc(-c3nc(NCc4ccc(Cl)cc4Cl)c4c(C)csc4n3)cc2)CC1. The molecule has 0 unspecified atom stereocenters. The van der Waals surface area contributed by atoms with E-state index >= 15 is 0 Å². The molecule has 37 heavy (non-hydrogen) atoms. The Kier molecular flexibility index (Phi) is 7.72. The van der Waals surface area contributed by atoms with Crippen LogP contribution in [0.25, 0.3) is 21.6 Å². The number of halogens is 2. The number of rotatable bonds is 7. The highest BCUT2D eigenvalue weighted by atomic mass is 35.5. The van der Waals surface area contributed by atoms with Crippen LogP contribution in [0.4, 0.5) is 5.82 Å². The fourth-order valence-electron chi connectivity index (χ4n) is 4.40. The van der Waals surface area contributed by atoms with Crippen molar-refractivity contribution >= 4 is 60.6 Å². The summed E-state index contributed by atoms with van der Waals surface area (Å²) in [5, 5.41) is 7.59. The first kappa shape index (κ1) is 26.3. The van der Waals surface area contributed by atoms with Crippen LogP contribution in [0.15, 0.2) is 52.7 Å². The van der Waals surface area contributed by atoms with Gasteiger partial charge >= 0.3 is 0 Å². The zero-order valence-electron chi connectivity index (χ0n) is 20.5. The number of likely N-dealkylation sites (N-methyl/N-ethyl adjacent to an activating group) is 1. The minimum atomic E-state index is -3.54. The Bertz CT molecular complexity index is 1530. The minimum Gasteiger partial charge on any atom is -0.365 e. The van der Waals surface area contributed by atoms with Crippen molar-refractivity contribution in [2.24, 2.45) is 0 Å². The van der Waals surface area contributed by atoms with Gasteiger partial charge in [0.1, 0.15) is 10.6 Å². The molecule has 0 amide bonds. The van der Waals surface area contributed by atoms with Crippen LogP contribution < -0.4 is 5.32 Å². The van der Waals surface area contributed by atoms with Gasteiger partial charge in [-0.3, -0.25) is 0 Å². The molecule has 1 N–H and O–H groups in total. The maximum Gasteiger partial charge on any atom is 0.243 e. The van der Waals surface area contributed by atoms with Crippen LogP contribution in [-0.4, -0.2) is 60.3 Å². The summed E-state index contributed by atoms with van der Waals surface area (Å²) in [6, 6.07) is 12.2. The lowest BCUT2D eigenvalue weighted by atomic mass is 10.2. The van der Waals surface area contributed by atoms with Crippen molar-refractivity contribution in [1.82, 2.24) is 19.2 Å². The first-order chi connectivity index (χ1) is 17.8. The number of thiophene rings is 1. The zero-order chi connectivity index (χ0) is 26.2. The lowest BCUT2D eigenvalue weighted by Gasteiger charge is -2.33. The zero-order valence-corrected chi connectivity index (χ0v) is 23.7. The van der Waals surface area contributed by atoms with Crippen LogP contribution in [0.1, 0.15) is 18.1 Å². The van der Waals surface area contributed by atoms with Crippen LogP contribution in [0.2, 0.25) is 10.0 Å². The van der Waals surface area contributed by atoms with Crippen molar-refractivity contribution in [2.75, 3.05) is 38.0 Å². The lowest BCUT2D eigenvalue weighted by Crippen LogP contribution is -2.48. The molecule has 0 atom stereocenters. The molecular weight excluding hydrogens is 549 g/mol. The van der Waals surface area contributed by atoms with Gasteiger partial charge in [-0.1, -0.05) is 36.2 Å². The van der Waals surface area contributed by atoms with Crippen molar-refractivity contribution in [3.05, 3.63) is 69.0 Å². The predicted molar refractivity (Wildman–Crippen MR) is 152 cm³/mol. The number of benzene rings is 2. The van der Waals surface area contributed by atoms with Gasteiger partial charge in [0.25, 0.3) is 0 Å². The van der Waals surface area contributed by atoms with Gasteiger partial charge in [0.15, 0.2) is 5.82 Å². The summed E-state index contributed by atoms with van der Waals surface area (Å²) in [4.78, 5) is 13.0. The molecule has 194 valence electrons. The fraction of sp³-hybridized carbons (Fsp3) is 0.308. The average molecular weight is 577 g/mol. The monoisotopic (exact) mass is 575 g/mol. The molecule has 1 aliphatic heterocycles. The number of sulfonamides is 1. The second-order valence-electron chi connectivity index (χ2n) is 8.95. The molecule has 7 nitrogen and oxygen atoms in total. The third-order valence-corrected chi connectivity index (χ3v) is 10.1. The number of piperazine rings is 1. The smallest absolute Gasteiger partial charge is 0.243 e. The van der Waals surface area contributed by atoms with E-state index < -0.39 is 10.0 Å². The Labute approximate surface area is 231 Å². The standard InChI is InChI=1S/C26H27Cl2N5O2S2/c1-3-32-10-12-33(13-11-32)37(34,35)21-8-5-18(6-9-21)24-30-25(23-17(2)16-36-26(23)31-24)29-15-19-4-7-20(27)14-22(19)28/h4-9,14,16H,3,10-13,15H2,1-2H3,(H,29,30,31). The summed E-state index contributed by atoms with van der Waals surface area (Å²) in [5.74, 6) is 1.23. The number of nitrogens with one attached hydrogen (secondary N) is 1. The highest BCUT2D eigenvalue weighted by Crippen LogP contribution is 2.33. The molecule has 3 heterocycles. The quantitative estimate of drug-likeness (QED) is 0.295. The molecule has 0 saturated carbocycles. The molecule has 2 aromatic heterocycles. The maximum absolute atomic E-state index is 13.2. The van der Waals surface area contributed by atoms with E-state index in [0.29, 0.717) is 41.3 Å². The number of nitrogens with zero attached hydrogens (tertiary/aromatic N) is 4. The van der Waals surface area contributed by atoms with Gasteiger partial charge < -0.3 is 10.2 Å². The van der Waals surface area contributed by atoms with Crippen LogP contribution in [0, 0.1) is 6.92 Å². The van der Waals surface area contributed by atoms with E-state index in [9.17, 15) is 8.42 Å². The highest BCUT2D eigenvalue weighted by Gasteiger charge is 2.28. The van der Waals surface area contributed by atoms with Crippen LogP contribution in [-0.2, 0) is 16.6 Å². The van der Waals surface area contributed by atoms with Crippen molar-refractivity contribution in [2.45, 2.75) is 25.3 Å². The maximum atomic E-state index is 13.2. The average Bonchev–Trinajstić information content (AvgIpc) is 3.28. The van der Waals surface area contributed by atoms with E-state index in [4.69, 9.17) is 33.2 Å². The summed E-state index contributed by atoms with van der Waals surface area (Å²) < 4.78 is 27.9. The van der Waals surface area contributed by atoms with Crippen LogP contribution in [0.3, 0.4) is 0 Å². The molecule has 2 aromatic carbocycles. The Balaban J connectivity index is 1.41. The largest absolute Gasteiger partial charge is 0.365 e. The summed E-state index contributed by atoms with van der Waals surface area (Å²) in [5.41, 5.74) is 2.73. The number of hydrogen-bond acceptors (Lipinski definition) is 7. The molecule has 1 aliphatic rings. The molecule has 4 aromatic rings. The van der Waals surface area contributed by atoms with Crippen molar-refractivity contribution in [1.29, 1.82) is 0 Å². The molecular formula is C26H27Cl2N5O2S2. The molecule has 0 bridgehead atoms. The minimum absolute atomic E-state index is 0.282. The topological polar surface area (TPSA) is 78.4 Å². The summed E-state index contributed by atoms with van der Waals surface area (Å²) >= 11 is 14.0. The first-order valence-corrected chi connectivity index (χ1v) is 15.1. The van der Waals surface area contributed by atoms with E-state index in [0.717, 1.165) is 46.5 Å². The van der Waals surface area contributed by atoms with E-state index in [1.807, 2.05) is 13.0 Å². The number of fused-ring (bicyclic) bond motifs is 1. The Hall–Kier alpha value is -2.27. The molecule has 0 aliphatic carbocycles.